The fourth-order valence-corrected chi connectivity index (χ4v) is 4.37. The summed E-state index contributed by atoms with van der Waals surface area (Å²) >= 11 is 0. The second kappa shape index (κ2) is 7.37. The average Bonchev–Trinajstić information content (AvgIpc) is 2.88. The van der Waals surface area contributed by atoms with Crippen LogP contribution >= 0.6 is 0 Å². The van der Waals surface area contributed by atoms with E-state index in [1.807, 2.05) is 0 Å². The van der Waals surface area contributed by atoms with Crippen LogP contribution in [0.4, 0.5) is 5.69 Å². The molecule has 0 atom stereocenters. The lowest BCUT2D eigenvalue weighted by atomic mass is 10.1. The van der Waals surface area contributed by atoms with Crippen LogP contribution in [0.3, 0.4) is 0 Å². The molecule has 1 aromatic heterocycles. The van der Waals surface area contributed by atoms with Crippen LogP contribution in [0.15, 0.2) is 27.6 Å². The Morgan fingerprint density at radius 3 is 2.36 bits per heavy atom. The van der Waals surface area contributed by atoms with Crippen LogP contribution in [0.2, 0.25) is 0 Å². The summed E-state index contributed by atoms with van der Waals surface area (Å²) in [4.78, 5) is 12.6. The zero-order chi connectivity index (χ0) is 18.8. The summed E-state index contributed by atoms with van der Waals surface area (Å²) in [6, 6.07) is 4.84. The van der Waals surface area contributed by atoms with Gasteiger partial charge in [-0.3, -0.25) is 4.79 Å². The molecular weight excluding hydrogens is 342 g/mol. The number of anilines is 1. The van der Waals surface area contributed by atoms with Gasteiger partial charge in [0, 0.05) is 18.8 Å². The molecule has 0 spiro atoms. The van der Waals surface area contributed by atoms with E-state index in [4.69, 9.17) is 4.52 Å². The lowest BCUT2D eigenvalue weighted by Crippen LogP contribution is -2.31. The fourth-order valence-electron chi connectivity index (χ4n) is 2.66. The number of aromatic nitrogens is 1. The molecule has 0 saturated carbocycles. The first-order valence-electron chi connectivity index (χ1n) is 8.07. The molecule has 0 unspecified atom stereocenters. The van der Waals surface area contributed by atoms with Gasteiger partial charge in [-0.15, -0.1) is 0 Å². The van der Waals surface area contributed by atoms with Crippen molar-refractivity contribution in [2.45, 2.75) is 39.5 Å². The van der Waals surface area contributed by atoms with Crippen molar-refractivity contribution in [1.29, 1.82) is 0 Å². The Morgan fingerprint density at radius 2 is 1.84 bits per heavy atom. The number of hydrogen-bond donors (Lipinski definition) is 1. The van der Waals surface area contributed by atoms with Gasteiger partial charge in [0.2, 0.25) is 10.0 Å². The molecule has 0 fully saturated rings. The molecule has 0 saturated heterocycles. The van der Waals surface area contributed by atoms with E-state index < -0.39 is 10.0 Å². The van der Waals surface area contributed by atoms with Gasteiger partial charge in [0.15, 0.2) is 0 Å². The van der Waals surface area contributed by atoms with Gasteiger partial charge in [-0.05, 0) is 38.5 Å². The predicted octanol–water partition coefficient (Wildman–Crippen LogP) is 2.88. The fraction of sp³-hybridized carbons (Fsp3) is 0.412. The lowest BCUT2D eigenvalue weighted by Gasteiger charge is -2.20. The smallest absolute Gasteiger partial charge is 0.261 e. The first kappa shape index (κ1) is 19.1. The Kier molecular flexibility index (Phi) is 5.64. The molecule has 2 aromatic rings. The van der Waals surface area contributed by atoms with Crippen molar-refractivity contribution in [3.8, 4) is 0 Å². The van der Waals surface area contributed by atoms with Crippen molar-refractivity contribution in [2.75, 3.05) is 18.4 Å². The van der Waals surface area contributed by atoms with E-state index in [1.165, 1.54) is 10.4 Å². The normalized spacial score (nSPS) is 11.8. The van der Waals surface area contributed by atoms with E-state index in [9.17, 15) is 13.2 Å². The van der Waals surface area contributed by atoms with Crippen LogP contribution in [-0.4, -0.2) is 36.9 Å². The third-order valence-corrected chi connectivity index (χ3v) is 6.22. The van der Waals surface area contributed by atoms with E-state index in [-0.39, 0.29) is 10.8 Å². The quantitative estimate of drug-likeness (QED) is 0.850. The Bertz CT molecular complexity index is 864. The van der Waals surface area contributed by atoms with E-state index >= 15 is 0 Å². The summed E-state index contributed by atoms with van der Waals surface area (Å²) in [6.45, 7) is 9.41. The second-order valence-corrected chi connectivity index (χ2v) is 7.63. The van der Waals surface area contributed by atoms with Gasteiger partial charge in [0.25, 0.3) is 5.91 Å². The summed E-state index contributed by atoms with van der Waals surface area (Å²) in [6.07, 6.45) is 0. The molecule has 1 heterocycles. The molecule has 0 bridgehead atoms. The van der Waals surface area contributed by atoms with Crippen LogP contribution in [0, 0.1) is 20.8 Å². The minimum Gasteiger partial charge on any atom is -0.361 e. The van der Waals surface area contributed by atoms with Crippen LogP contribution in [0.25, 0.3) is 0 Å². The van der Waals surface area contributed by atoms with Gasteiger partial charge >= 0.3 is 0 Å². The van der Waals surface area contributed by atoms with Crippen molar-refractivity contribution in [1.82, 2.24) is 9.46 Å². The Labute approximate surface area is 148 Å². The molecule has 0 aliphatic heterocycles. The molecule has 0 aliphatic carbocycles. The van der Waals surface area contributed by atoms with Crippen molar-refractivity contribution < 1.29 is 17.7 Å². The molecule has 1 N–H and O–H groups in total. The maximum Gasteiger partial charge on any atom is 0.261 e. The summed E-state index contributed by atoms with van der Waals surface area (Å²) in [7, 11) is -3.61. The second-order valence-electron chi connectivity index (χ2n) is 5.72. The van der Waals surface area contributed by atoms with Gasteiger partial charge in [-0.25, -0.2) is 8.42 Å². The van der Waals surface area contributed by atoms with Crippen LogP contribution in [-0.2, 0) is 10.0 Å². The van der Waals surface area contributed by atoms with Gasteiger partial charge in [0.1, 0.15) is 11.3 Å². The zero-order valence-electron chi connectivity index (χ0n) is 15.1. The first-order chi connectivity index (χ1) is 11.7. The number of carbonyl (C=O) groups excluding carboxylic acids is 1. The number of sulfonamides is 1. The Morgan fingerprint density at radius 1 is 1.20 bits per heavy atom. The molecular formula is C17H23N3O4S. The number of hydrogen-bond acceptors (Lipinski definition) is 5. The topological polar surface area (TPSA) is 92.5 Å². The maximum absolute atomic E-state index is 12.8. The van der Waals surface area contributed by atoms with Gasteiger partial charge in [-0.1, -0.05) is 25.1 Å². The molecule has 2 rings (SSSR count). The molecule has 0 radical (unpaired) electrons. The van der Waals surface area contributed by atoms with Gasteiger partial charge in [0.05, 0.1) is 10.6 Å². The number of nitrogens with one attached hydrogen (secondary N) is 1. The van der Waals surface area contributed by atoms with E-state index in [1.54, 1.807) is 46.8 Å². The van der Waals surface area contributed by atoms with Crippen LogP contribution in [0.1, 0.15) is 41.2 Å². The van der Waals surface area contributed by atoms with Crippen LogP contribution in [0.5, 0.6) is 0 Å². The van der Waals surface area contributed by atoms with Gasteiger partial charge < -0.3 is 9.84 Å². The Balaban J connectivity index is 2.38. The minimum absolute atomic E-state index is 0.188. The summed E-state index contributed by atoms with van der Waals surface area (Å²) in [5, 5.41) is 6.48. The number of aryl methyl sites for hydroxylation is 3. The number of nitrogens with zero attached hydrogens (tertiary/aromatic N) is 2. The average molecular weight is 365 g/mol. The summed E-state index contributed by atoms with van der Waals surface area (Å²) in [5.41, 5.74) is 1.87. The monoisotopic (exact) mass is 365 g/mol. The van der Waals surface area contributed by atoms with Crippen molar-refractivity contribution >= 4 is 21.6 Å². The zero-order valence-corrected chi connectivity index (χ0v) is 15.9. The first-order valence-corrected chi connectivity index (χ1v) is 9.51. The van der Waals surface area contributed by atoms with E-state index in [2.05, 4.69) is 10.5 Å². The summed E-state index contributed by atoms with van der Waals surface area (Å²) < 4.78 is 31.9. The highest BCUT2D eigenvalue weighted by molar-refractivity contribution is 7.89. The number of amides is 1. The van der Waals surface area contributed by atoms with E-state index in [0.717, 1.165) is 0 Å². The SMILES string of the molecule is CCN(CC)S(=O)(=O)c1cc(NC(=O)c2c(C)noc2C)ccc1C. The number of rotatable bonds is 6. The van der Waals surface area contributed by atoms with Crippen molar-refractivity contribution in [2.24, 2.45) is 0 Å². The molecule has 1 amide bonds. The number of benzene rings is 1. The highest BCUT2D eigenvalue weighted by atomic mass is 32.2. The predicted molar refractivity (Wildman–Crippen MR) is 95.2 cm³/mol. The summed E-state index contributed by atoms with van der Waals surface area (Å²) in [5.74, 6) is 0.0318. The third kappa shape index (κ3) is 3.74. The van der Waals surface area contributed by atoms with Gasteiger partial charge in [-0.2, -0.15) is 4.31 Å². The highest BCUT2D eigenvalue weighted by Crippen LogP contribution is 2.24. The molecule has 8 heteroatoms. The number of carbonyl (C=O) groups is 1. The molecule has 0 aliphatic rings. The minimum atomic E-state index is -3.61. The van der Waals surface area contributed by atoms with Crippen molar-refractivity contribution in [3.05, 3.63) is 40.8 Å². The molecule has 25 heavy (non-hydrogen) atoms. The van der Waals surface area contributed by atoms with Crippen molar-refractivity contribution in [3.63, 3.8) is 0 Å². The standard InChI is InChI=1S/C17H23N3O4S/c1-6-20(7-2)25(22,23)15-10-14(9-8-11(15)3)18-17(21)16-12(4)19-24-13(16)5/h8-10H,6-7H2,1-5H3,(H,18,21). The lowest BCUT2D eigenvalue weighted by molar-refractivity contribution is 0.102. The molecule has 7 nitrogen and oxygen atoms in total. The maximum atomic E-state index is 12.8. The Hall–Kier alpha value is -2.19. The van der Waals surface area contributed by atoms with E-state index in [0.29, 0.717) is 41.4 Å². The molecule has 136 valence electrons. The molecule has 1 aromatic carbocycles. The van der Waals surface area contributed by atoms with Crippen LogP contribution < -0.4 is 5.32 Å². The highest BCUT2D eigenvalue weighted by Gasteiger charge is 2.24. The third-order valence-electron chi connectivity index (χ3n) is 4.03. The largest absolute Gasteiger partial charge is 0.361 e.